The summed E-state index contributed by atoms with van der Waals surface area (Å²) in [4.78, 5) is 17.0. The van der Waals surface area contributed by atoms with Crippen LogP contribution in [0, 0.1) is 11.3 Å². The van der Waals surface area contributed by atoms with E-state index in [9.17, 15) is 4.79 Å². The molecule has 1 spiro atoms. The summed E-state index contributed by atoms with van der Waals surface area (Å²) in [7, 11) is 0. The van der Waals surface area contributed by atoms with Gasteiger partial charge < -0.3 is 10.6 Å². The fourth-order valence-corrected chi connectivity index (χ4v) is 4.41. The fourth-order valence-electron chi connectivity index (χ4n) is 3.50. The molecule has 4 nitrogen and oxygen atoms in total. The zero-order chi connectivity index (χ0) is 15.9. The SMILES string of the molecule is Cl.O=C(Nc1nc(-c2cccc(Cl)c2)cs1)C1CC12CCNCC2. The molecule has 0 radical (unpaired) electrons. The van der Waals surface area contributed by atoms with Crippen LogP contribution < -0.4 is 10.6 Å². The van der Waals surface area contributed by atoms with Crippen LogP contribution in [-0.4, -0.2) is 24.0 Å². The Hall–Kier alpha value is -1.14. The second-order valence-corrected chi connectivity index (χ2v) is 7.70. The van der Waals surface area contributed by atoms with Crippen molar-refractivity contribution >= 4 is 46.4 Å². The summed E-state index contributed by atoms with van der Waals surface area (Å²) in [5.74, 6) is 0.280. The summed E-state index contributed by atoms with van der Waals surface area (Å²) in [5, 5.41) is 9.67. The van der Waals surface area contributed by atoms with Gasteiger partial charge >= 0.3 is 0 Å². The molecule has 2 aliphatic rings. The van der Waals surface area contributed by atoms with Crippen LogP contribution in [0.15, 0.2) is 29.6 Å². The Morgan fingerprint density at radius 2 is 2.17 bits per heavy atom. The average molecular weight is 384 g/mol. The maximum atomic E-state index is 12.5. The Labute approximate surface area is 156 Å². The number of nitrogens with zero attached hydrogens (tertiary/aromatic N) is 1. The van der Waals surface area contributed by atoms with Gasteiger partial charge in [-0.3, -0.25) is 4.79 Å². The number of aromatic nitrogens is 1. The number of anilines is 1. The third-order valence-electron chi connectivity index (χ3n) is 4.96. The molecule has 1 unspecified atom stereocenters. The molecule has 1 aliphatic carbocycles. The van der Waals surface area contributed by atoms with Gasteiger partial charge in [0.05, 0.1) is 5.69 Å². The highest BCUT2D eigenvalue weighted by atomic mass is 35.5. The zero-order valence-electron chi connectivity index (χ0n) is 13.0. The minimum atomic E-state index is 0. The van der Waals surface area contributed by atoms with Crippen LogP contribution >= 0.6 is 35.3 Å². The van der Waals surface area contributed by atoms with Crippen molar-refractivity contribution in [2.45, 2.75) is 19.3 Å². The van der Waals surface area contributed by atoms with Crippen molar-refractivity contribution in [2.24, 2.45) is 11.3 Å². The first-order valence-corrected chi connectivity index (χ1v) is 9.15. The molecule has 4 rings (SSSR count). The van der Waals surface area contributed by atoms with Crippen molar-refractivity contribution in [3.63, 3.8) is 0 Å². The summed E-state index contributed by atoms with van der Waals surface area (Å²) < 4.78 is 0. The van der Waals surface area contributed by atoms with E-state index >= 15 is 0 Å². The van der Waals surface area contributed by atoms with Crippen LogP contribution in [0.1, 0.15) is 19.3 Å². The molecule has 7 heteroatoms. The number of rotatable bonds is 3. The monoisotopic (exact) mass is 383 g/mol. The maximum Gasteiger partial charge on any atom is 0.229 e. The van der Waals surface area contributed by atoms with Crippen molar-refractivity contribution in [3.05, 3.63) is 34.7 Å². The highest BCUT2D eigenvalue weighted by molar-refractivity contribution is 7.14. The largest absolute Gasteiger partial charge is 0.317 e. The van der Waals surface area contributed by atoms with E-state index in [1.807, 2.05) is 29.6 Å². The lowest BCUT2D eigenvalue weighted by molar-refractivity contribution is -0.118. The minimum absolute atomic E-state index is 0. The third kappa shape index (κ3) is 3.45. The number of halogens is 2. The van der Waals surface area contributed by atoms with Crippen molar-refractivity contribution in [1.29, 1.82) is 0 Å². The number of amides is 1. The molecule has 1 atom stereocenters. The molecule has 24 heavy (non-hydrogen) atoms. The molecule has 1 aromatic carbocycles. The van der Waals surface area contributed by atoms with E-state index in [2.05, 4.69) is 15.6 Å². The highest BCUT2D eigenvalue weighted by Gasteiger charge is 2.57. The summed E-state index contributed by atoms with van der Waals surface area (Å²) in [6.45, 7) is 2.06. The lowest BCUT2D eigenvalue weighted by atomic mass is 9.92. The molecule has 1 aliphatic heterocycles. The third-order valence-corrected chi connectivity index (χ3v) is 5.95. The number of benzene rings is 1. The van der Waals surface area contributed by atoms with E-state index < -0.39 is 0 Å². The number of piperidine rings is 1. The van der Waals surface area contributed by atoms with Gasteiger partial charge in [-0.15, -0.1) is 23.7 Å². The van der Waals surface area contributed by atoms with Crippen molar-refractivity contribution < 1.29 is 4.79 Å². The second-order valence-electron chi connectivity index (χ2n) is 6.41. The first-order valence-electron chi connectivity index (χ1n) is 7.89. The Morgan fingerprint density at radius 1 is 1.38 bits per heavy atom. The van der Waals surface area contributed by atoms with Gasteiger partial charge in [-0.25, -0.2) is 4.98 Å². The summed E-state index contributed by atoms with van der Waals surface area (Å²) in [6, 6.07) is 7.59. The standard InChI is InChI=1S/C17H18ClN3OS.ClH/c18-12-3-1-2-11(8-12)14-10-23-16(20-14)21-15(22)13-9-17(13)4-6-19-7-5-17;/h1-3,8,10,13,19H,4-7,9H2,(H,20,21,22);1H. The van der Waals surface area contributed by atoms with E-state index in [1.54, 1.807) is 0 Å². The highest BCUT2D eigenvalue weighted by Crippen LogP contribution is 2.58. The molecule has 1 amide bonds. The fraction of sp³-hybridized carbons (Fsp3) is 0.412. The first kappa shape index (κ1) is 17.7. The Morgan fingerprint density at radius 3 is 2.92 bits per heavy atom. The molecular weight excluding hydrogens is 365 g/mol. The van der Waals surface area contributed by atoms with Crippen molar-refractivity contribution in [1.82, 2.24) is 10.3 Å². The normalized spacial score (nSPS) is 21.1. The lowest BCUT2D eigenvalue weighted by Crippen LogP contribution is -2.31. The smallest absolute Gasteiger partial charge is 0.229 e. The second kappa shape index (κ2) is 7.00. The predicted octanol–water partition coefficient (Wildman–Crippen LogP) is 4.21. The van der Waals surface area contributed by atoms with Gasteiger partial charge in [0.15, 0.2) is 5.13 Å². The molecule has 1 saturated carbocycles. The van der Waals surface area contributed by atoms with Gasteiger partial charge in [0.2, 0.25) is 5.91 Å². The van der Waals surface area contributed by atoms with E-state index in [1.165, 1.54) is 11.3 Å². The van der Waals surface area contributed by atoms with Crippen LogP contribution in [0.5, 0.6) is 0 Å². The topological polar surface area (TPSA) is 54.0 Å². The zero-order valence-corrected chi connectivity index (χ0v) is 15.4. The Bertz CT molecular complexity index is 743. The summed E-state index contributed by atoms with van der Waals surface area (Å²) >= 11 is 7.48. The Balaban J connectivity index is 0.00000169. The predicted molar refractivity (Wildman–Crippen MR) is 101 cm³/mol. The average Bonchev–Trinajstić information content (AvgIpc) is 3.04. The van der Waals surface area contributed by atoms with Crippen LogP contribution in [-0.2, 0) is 4.79 Å². The van der Waals surface area contributed by atoms with E-state index in [0.29, 0.717) is 10.2 Å². The maximum absolute atomic E-state index is 12.5. The molecule has 2 fully saturated rings. The summed E-state index contributed by atoms with van der Waals surface area (Å²) in [6.07, 6.45) is 3.24. The van der Waals surface area contributed by atoms with Gasteiger partial charge in [0.25, 0.3) is 0 Å². The number of nitrogens with one attached hydrogen (secondary N) is 2. The molecule has 1 aromatic heterocycles. The molecule has 2 aromatic rings. The number of hydrogen-bond acceptors (Lipinski definition) is 4. The van der Waals surface area contributed by atoms with Gasteiger partial charge in [0.1, 0.15) is 0 Å². The quantitative estimate of drug-likeness (QED) is 0.834. The molecule has 0 bridgehead atoms. The van der Waals surface area contributed by atoms with Gasteiger partial charge in [-0.05, 0) is 49.9 Å². The number of hydrogen-bond donors (Lipinski definition) is 2. The van der Waals surface area contributed by atoms with Crippen molar-refractivity contribution in [2.75, 3.05) is 18.4 Å². The van der Waals surface area contributed by atoms with Crippen LogP contribution in [0.3, 0.4) is 0 Å². The molecular formula is C17H19Cl2N3OS. The van der Waals surface area contributed by atoms with Gasteiger partial charge in [0, 0.05) is 21.9 Å². The van der Waals surface area contributed by atoms with Crippen LogP contribution in [0.25, 0.3) is 11.3 Å². The van der Waals surface area contributed by atoms with Crippen LogP contribution in [0.4, 0.5) is 5.13 Å². The van der Waals surface area contributed by atoms with Gasteiger partial charge in [-0.2, -0.15) is 0 Å². The van der Waals surface area contributed by atoms with E-state index in [0.717, 1.165) is 43.6 Å². The molecule has 128 valence electrons. The van der Waals surface area contributed by atoms with Crippen molar-refractivity contribution in [3.8, 4) is 11.3 Å². The Kier molecular flexibility index (Phi) is 5.16. The van der Waals surface area contributed by atoms with Gasteiger partial charge in [-0.1, -0.05) is 23.7 Å². The number of carbonyl (C=O) groups excluding carboxylic acids is 1. The number of carbonyl (C=O) groups is 1. The number of thiazole rings is 1. The molecule has 2 heterocycles. The summed E-state index contributed by atoms with van der Waals surface area (Å²) in [5.41, 5.74) is 2.07. The van der Waals surface area contributed by atoms with Crippen LogP contribution in [0.2, 0.25) is 5.02 Å². The molecule has 2 N–H and O–H groups in total. The van der Waals surface area contributed by atoms with E-state index in [-0.39, 0.29) is 29.6 Å². The minimum Gasteiger partial charge on any atom is -0.317 e. The first-order chi connectivity index (χ1) is 11.2. The molecule has 1 saturated heterocycles. The van der Waals surface area contributed by atoms with E-state index in [4.69, 9.17) is 11.6 Å². The lowest BCUT2D eigenvalue weighted by Gasteiger charge is -2.22.